The van der Waals surface area contributed by atoms with Crippen LogP contribution in [0.2, 0.25) is 0 Å². The molecule has 0 unspecified atom stereocenters. The van der Waals surface area contributed by atoms with E-state index in [9.17, 15) is 4.79 Å². The monoisotopic (exact) mass is 434 g/mol. The molecule has 2 rings (SSSR count). The summed E-state index contributed by atoms with van der Waals surface area (Å²) in [5.74, 6) is 0.787. The van der Waals surface area contributed by atoms with Crippen molar-refractivity contribution in [3.63, 3.8) is 0 Å². The Morgan fingerprint density at radius 1 is 1.09 bits per heavy atom. The molecule has 0 heterocycles. The Bertz CT molecular complexity index is 719. The van der Waals surface area contributed by atoms with E-state index in [0.717, 1.165) is 20.3 Å². The Kier molecular flexibility index (Phi) is 6.81. The highest BCUT2D eigenvalue weighted by Crippen LogP contribution is 2.24. The number of carbonyl (C=O) groups excluding carboxylic acids is 1. The number of ether oxygens (including phenoxy) is 1. The van der Waals surface area contributed by atoms with E-state index in [2.05, 4.69) is 38.4 Å². The number of hydrogen-bond donors (Lipinski definition) is 0. The second-order valence-corrected chi connectivity index (χ2v) is 6.66. The summed E-state index contributed by atoms with van der Waals surface area (Å²) >= 11 is 6.82. The van der Waals surface area contributed by atoms with Gasteiger partial charge in [-0.05, 0) is 60.5 Å². The third-order valence-corrected chi connectivity index (χ3v) is 4.14. The van der Waals surface area contributed by atoms with Crippen molar-refractivity contribution in [2.24, 2.45) is 0 Å². The molecule has 0 aliphatic carbocycles. The molecule has 0 aromatic heterocycles. The molecule has 0 saturated heterocycles. The minimum Gasteiger partial charge on any atom is -0.489 e. The van der Waals surface area contributed by atoms with Crippen LogP contribution in [0.15, 0.2) is 76.2 Å². The van der Waals surface area contributed by atoms with Gasteiger partial charge in [-0.1, -0.05) is 50.6 Å². The van der Waals surface area contributed by atoms with Crippen molar-refractivity contribution in [2.75, 3.05) is 6.61 Å². The Labute approximate surface area is 153 Å². The molecule has 23 heavy (non-hydrogen) atoms. The maximum atomic E-state index is 12.1. The van der Waals surface area contributed by atoms with Gasteiger partial charge in [0.1, 0.15) is 12.4 Å². The zero-order chi connectivity index (χ0) is 16.7. The molecule has 0 N–H and O–H groups in total. The van der Waals surface area contributed by atoms with E-state index in [1.165, 1.54) is 0 Å². The lowest BCUT2D eigenvalue weighted by atomic mass is 10.1. The first kappa shape index (κ1) is 17.7. The summed E-state index contributed by atoms with van der Waals surface area (Å²) in [4.78, 5) is 12.1. The van der Waals surface area contributed by atoms with Gasteiger partial charge < -0.3 is 4.74 Å². The Hall–Kier alpha value is -1.65. The summed E-state index contributed by atoms with van der Waals surface area (Å²) in [6.45, 7) is 4.11. The van der Waals surface area contributed by atoms with Crippen LogP contribution >= 0.6 is 31.9 Å². The molecule has 0 spiro atoms. The number of ketones is 1. The summed E-state index contributed by atoms with van der Waals surface area (Å²) in [5, 5.41) is 0. The van der Waals surface area contributed by atoms with Crippen molar-refractivity contribution >= 4 is 37.6 Å². The van der Waals surface area contributed by atoms with Crippen molar-refractivity contribution < 1.29 is 9.53 Å². The van der Waals surface area contributed by atoms with Crippen LogP contribution in [0.3, 0.4) is 0 Å². The molecule has 2 nitrogen and oxygen atoms in total. The average molecular weight is 436 g/mol. The minimum absolute atomic E-state index is 0.0129. The van der Waals surface area contributed by atoms with Gasteiger partial charge in [-0.3, -0.25) is 4.79 Å². The molecule has 0 radical (unpaired) electrons. The van der Waals surface area contributed by atoms with Crippen molar-refractivity contribution in [3.8, 4) is 5.75 Å². The van der Waals surface area contributed by atoms with Crippen LogP contribution < -0.4 is 4.74 Å². The van der Waals surface area contributed by atoms with Crippen LogP contribution in [0.4, 0.5) is 0 Å². The number of halogens is 2. The topological polar surface area (TPSA) is 26.3 Å². The van der Waals surface area contributed by atoms with E-state index in [4.69, 9.17) is 4.74 Å². The molecule has 2 aromatic rings. The third kappa shape index (κ3) is 5.48. The molecule has 0 aliphatic heterocycles. The second kappa shape index (κ2) is 8.85. The predicted molar refractivity (Wildman–Crippen MR) is 101 cm³/mol. The lowest BCUT2D eigenvalue weighted by Gasteiger charge is -2.09. The zero-order valence-corrected chi connectivity index (χ0v) is 15.6. The van der Waals surface area contributed by atoms with E-state index in [1.54, 1.807) is 24.3 Å². The molecule has 0 amide bonds. The number of carbonyl (C=O) groups is 1. The molecule has 0 bridgehead atoms. The first-order valence-corrected chi connectivity index (χ1v) is 8.67. The second-order valence-electron chi connectivity index (χ2n) is 4.83. The summed E-state index contributed by atoms with van der Waals surface area (Å²) in [5.41, 5.74) is 1.68. The van der Waals surface area contributed by atoms with Gasteiger partial charge in [0, 0.05) is 14.5 Å². The largest absolute Gasteiger partial charge is 0.489 e. The van der Waals surface area contributed by atoms with Crippen molar-refractivity contribution in [1.29, 1.82) is 0 Å². The number of allylic oxidation sites excluding steroid dienone is 2. The van der Waals surface area contributed by atoms with Gasteiger partial charge in [0.05, 0.1) is 0 Å². The third-order valence-electron chi connectivity index (χ3n) is 3.11. The van der Waals surface area contributed by atoms with E-state index in [1.807, 2.05) is 36.4 Å². The zero-order valence-electron chi connectivity index (χ0n) is 12.5. The molecule has 0 saturated carbocycles. The number of hydrogen-bond acceptors (Lipinski definition) is 2. The summed E-state index contributed by atoms with van der Waals surface area (Å²) in [7, 11) is 0. The molecular weight excluding hydrogens is 420 g/mol. The molecule has 2 aromatic carbocycles. The van der Waals surface area contributed by atoms with Crippen molar-refractivity contribution in [3.05, 3.63) is 87.3 Å². The fraction of sp³-hybridized carbons (Fsp3) is 0.105. The maximum absolute atomic E-state index is 12.1. The fourth-order valence-electron chi connectivity index (χ4n) is 2.00. The normalized spacial score (nSPS) is 10.7. The van der Waals surface area contributed by atoms with Crippen LogP contribution in [0, 0.1) is 0 Å². The van der Waals surface area contributed by atoms with Crippen LogP contribution in [0.1, 0.15) is 15.9 Å². The Balaban J connectivity index is 2.07. The molecule has 0 aliphatic rings. The van der Waals surface area contributed by atoms with Crippen molar-refractivity contribution in [2.45, 2.75) is 6.42 Å². The van der Waals surface area contributed by atoms with E-state index in [-0.39, 0.29) is 5.78 Å². The Morgan fingerprint density at radius 2 is 1.78 bits per heavy atom. The van der Waals surface area contributed by atoms with Crippen LogP contribution in [0.25, 0.3) is 0 Å². The summed E-state index contributed by atoms with van der Waals surface area (Å²) in [6, 6.07) is 13.1. The minimum atomic E-state index is -0.0129. The lowest BCUT2D eigenvalue weighted by molar-refractivity contribution is 0.104. The van der Waals surface area contributed by atoms with Gasteiger partial charge in [0.15, 0.2) is 5.78 Å². The fourth-order valence-corrected chi connectivity index (χ4v) is 2.67. The van der Waals surface area contributed by atoms with Gasteiger partial charge in [-0.25, -0.2) is 0 Å². The highest BCUT2D eigenvalue weighted by molar-refractivity contribution is 9.10. The molecule has 4 heteroatoms. The summed E-state index contributed by atoms with van der Waals surface area (Å²) < 4.78 is 7.57. The van der Waals surface area contributed by atoms with Crippen LogP contribution in [-0.2, 0) is 6.42 Å². The van der Waals surface area contributed by atoms with Gasteiger partial charge in [0.25, 0.3) is 0 Å². The quantitative estimate of drug-likeness (QED) is 0.314. The van der Waals surface area contributed by atoms with Crippen LogP contribution in [0.5, 0.6) is 5.75 Å². The van der Waals surface area contributed by atoms with Gasteiger partial charge >= 0.3 is 0 Å². The smallest absolute Gasteiger partial charge is 0.185 e. The highest BCUT2D eigenvalue weighted by atomic mass is 79.9. The number of rotatable bonds is 7. The van der Waals surface area contributed by atoms with Gasteiger partial charge in [0.2, 0.25) is 0 Å². The first-order chi connectivity index (χ1) is 11.1. The standard InChI is InChI=1S/C19H16Br2O2/c1-2-12-23-19-11-10-17(21)13-15(19)4-3-5-18(22)14-6-8-16(20)9-7-14/h2-3,5-11,13H,1,4,12H2/b5-3+. The van der Waals surface area contributed by atoms with Gasteiger partial charge in [-0.2, -0.15) is 0 Å². The van der Waals surface area contributed by atoms with Gasteiger partial charge in [-0.15, -0.1) is 0 Å². The number of benzene rings is 2. The van der Waals surface area contributed by atoms with E-state index < -0.39 is 0 Å². The maximum Gasteiger partial charge on any atom is 0.185 e. The molecule has 118 valence electrons. The Morgan fingerprint density at radius 3 is 2.48 bits per heavy atom. The first-order valence-electron chi connectivity index (χ1n) is 7.08. The average Bonchev–Trinajstić information content (AvgIpc) is 2.54. The lowest BCUT2D eigenvalue weighted by Crippen LogP contribution is -1.98. The van der Waals surface area contributed by atoms with Crippen LogP contribution in [-0.4, -0.2) is 12.4 Å². The van der Waals surface area contributed by atoms with E-state index >= 15 is 0 Å². The SMILES string of the molecule is C=CCOc1ccc(Br)cc1C/C=C/C(=O)c1ccc(Br)cc1. The molecular formula is C19H16Br2O2. The molecule has 0 atom stereocenters. The van der Waals surface area contributed by atoms with Crippen molar-refractivity contribution in [1.82, 2.24) is 0 Å². The summed E-state index contributed by atoms with van der Waals surface area (Å²) in [6.07, 6.45) is 5.78. The predicted octanol–water partition coefficient (Wildman–Crippen LogP) is 5.76. The van der Waals surface area contributed by atoms with E-state index in [0.29, 0.717) is 18.6 Å². The molecule has 0 fully saturated rings. The highest BCUT2D eigenvalue weighted by Gasteiger charge is 2.04.